The second-order valence-electron chi connectivity index (χ2n) is 5.50. The molecule has 0 aromatic carbocycles. The second-order valence-corrected chi connectivity index (χ2v) is 6.77. The third-order valence-electron chi connectivity index (χ3n) is 4.39. The van der Waals surface area contributed by atoms with E-state index in [2.05, 4.69) is 11.6 Å². The van der Waals surface area contributed by atoms with Crippen LogP contribution < -0.4 is 5.32 Å². The summed E-state index contributed by atoms with van der Waals surface area (Å²) in [7, 11) is 0. The highest BCUT2D eigenvalue weighted by molar-refractivity contribution is 8.00. The van der Waals surface area contributed by atoms with E-state index in [-0.39, 0.29) is 16.7 Å². The fraction of sp³-hybridized carbons (Fsp3) is 0.846. The number of amides is 2. The van der Waals surface area contributed by atoms with E-state index in [1.165, 1.54) is 19.3 Å². The smallest absolute Gasteiger partial charge is 0.317 e. The van der Waals surface area contributed by atoms with Gasteiger partial charge >= 0.3 is 12.0 Å². The maximum Gasteiger partial charge on any atom is 0.317 e. The first kappa shape index (κ1) is 14.5. The van der Waals surface area contributed by atoms with E-state index in [4.69, 9.17) is 5.11 Å². The predicted molar refractivity (Wildman–Crippen MR) is 75.4 cm³/mol. The largest absolute Gasteiger partial charge is 0.481 e. The molecule has 0 atom stereocenters. The molecule has 2 amide bonds. The van der Waals surface area contributed by atoms with Crippen LogP contribution in [0.2, 0.25) is 0 Å². The Morgan fingerprint density at radius 3 is 2.42 bits per heavy atom. The summed E-state index contributed by atoms with van der Waals surface area (Å²) in [6.45, 7) is 1.83. The Bertz CT molecular complexity index is 344. The minimum atomic E-state index is -0.740. The van der Waals surface area contributed by atoms with Crippen LogP contribution in [0.15, 0.2) is 0 Å². The van der Waals surface area contributed by atoms with Gasteiger partial charge in [0.25, 0.3) is 0 Å². The highest BCUT2D eigenvalue weighted by atomic mass is 32.2. The van der Waals surface area contributed by atoms with Crippen LogP contribution in [0.1, 0.15) is 32.1 Å². The lowest BCUT2D eigenvalue weighted by Gasteiger charge is -2.41. The number of hydrogen-bond acceptors (Lipinski definition) is 3. The maximum absolute atomic E-state index is 12.0. The number of piperidine rings is 1. The van der Waals surface area contributed by atoms with Crippen molar-refractivity contribution in [3.8, 4) is 0 Å². The van der Waals surface area contributed by atoms with Crippen LogP contribution in [0.4, 0.5) is 4.79 Å². The SMILES string of the molecule is CSC1(CNC(=O)N2CCC(C(=O)O)CC2)CCC1. The molecule has 0 spiro atoms. The highest BCUT2D eigenvalue weighted by Crippen LogP contribution is 2.42. The molecule has 2 rings (SSSR count). The summed E-state index contributed by atoms with van der Waals surface area (Å²) in [6.07, 6.45) is 6.84. The number of nitrogens with zero attached hydrogens (tertiary/aromatic N) is 1. The molecule has 0 bridgehead atoms. The van der Waals surface area contributed by atoms with Crippen LogP contribution in [0.3, 0.4) is 0 Å². The molecule has 1 saturated carbocycles. The zero-order chi connectivity index (χ0) is 13.9. The number of carboxylic acids is 1. The van der Waals surface area contributed by atoms with Crippen molar-refractivity contribution in [2.24, 2.45) is 5.92 Å². The van der Waals surface area contributed by atoms with E-state index in [0.717, 1.165) is 6.54 Å². The molecule has 2 aliphatic rings. The number of urea groups is 1. The van der Waals surface area contributed by atoms with Crippen molar-refractivity contribution in [1.29, 1.82) is 0 Å². The van der Waals surface area contributed by atoms with Crippen molar-refractivity contribution in [1.82, 2.24) is 10.2 Å². The number of carbonyl (C=O) groups is 2. The lowest BCUT2D eigenvalue weighted by Crippen LogP contribution is -2.51. The number of carboxylic acid groups (broad SMARTS) is 1. The highest BCUT2D eigenvalue weighted by Gasteiger charge is 2.37. The summed E-state index contributed by atoms with van der Waals surface area (Å²) < 4.78 is 0.245. The van der Waals surface area contributed by atoms with Crippen LogP contribution in [0.5, 0.6) is 0 Å². The normalized spacial score (nSPS) is 22.7. The van der Waals surface area contributed by atoms with Gasteiger partial charge in [-0.1, -0.05) is 6.42 Å². The Morgan fingerprint density at radius 2 is 2.00 bits per heavy atom. The zero-order valence-corrected chi connectivity index (χ0v) is 12.2. The van der Waals surface area contributed by atoms with Gasteiger partial charge in [-0.3, -0.25) is 4.79 Å². The Labute approximate surface area is 118 Å². The molecule has 5 nitrogen and oxygen atoms in total. The standard InChI is InChI=1S/C13H22N2O3S/c1-19-13(5-2-6-13)9-14-12(18)15-7-3-10(4-8-15)11(16)17/h10H,2-9H2,1H3,(H,14,18)(H,16,17). The fourth-order valence-electron chi connectivity index (χ4n) is 2.70. The number of aliphatic carboxylic acids is 1. The first-order valence-electron chi connectivity index (χ1n) is 6.87. The molecule has 0 unspecified atom stereocenters. The Balaban J connectivity index is 1.74. The quantitative estimate of drug-likeness (QED) is 0.826. The second kappa shape index (κ2) is 6.03. The molecular weight excluding hydrogens is 264 g/mol. The zero-order valence-electron chi connectivity index (χ0n) is 11.4. The third kappa shape index (κ3) is 3.35. The monoisotopic (exact) mass is 286 g/mol. The van der Waals surface area contributed by atoms with Gasteiger partial charge in [0.15, 0.2) is 0 Å². The average Bonchev–Trinajstić information content (AvgIpc) is 2.38. The molecule has 1 aliphatic heterocycles. The molecule has 108 valence electrons. The van der Waals surface area contributed by atoms with Gasteiger partial charge in [-0.2, -0.15) is 11.8 Å². The topological polar surface area (TPSA) is 69.6 Å². The Morgan fingerprint density at radius 1 is 1.37 bits per heavy atom. The molecule has 1 saturated heterocycles. The molecule has 6 heteroatoms. The van der Waals surface area contributed by atoms with Gasteiger partial charge in [-0.25, -0.2) is 4.79 Å². The van der Waals surface area contributed by atoms with Gasteiger partial charge in [0, 0.05) is 24.4 Å². The minimum absolute atomic E-state index is 0.0378. The molecule has 1 heterocycles. The summed E-state index contributed by atoms with van der Waals surface area (Å²) in [5, 5.41) is 11.9. The lowest BCUT2D eigenvalue weighted by atomic mass is 9.84. The van der Waals surface area contributed by atoms with Gasteiger partial charge in [-0.05, 0) is 31.9 Å². The summed E-state index contributed by atoms with van der Waals surface area (Å²) in [5.74, 6) is -1.02. The van der Waals surface area contributed by atoms with Crippen LogP contribution in [-0.4, -0.2) is 52.6 Å². The van der Waals surface area contributed by atoms with Crippen LogP contribution in [-0.2, 0) is 4.79 Å². The molecule has 0 aromatic rings. The van der Waals surface area contributed by atoms with E-state index >= 15 is 0 Å². The van der Waals surface area contributed by atoms with E-state index in [1.54, 1.807) is 4.90 Å². The van der Waals surface area contributed by atoms with Crippen LogP contribution in [0, 0.1) is 5.92 Å². The van der Waals surface area contributed by atoms with Gasteiger partial charge in [0.2, 0.25) is 0 Å². The molecule has 1 aliphatic carbocycles. The maximum atomic E-state index is 12.0. The molecule has 19 heavy (non-hydrogen) atoms. The summed E-state index contributed by atoms with van der Waals surface area (Å²) >= 11 is 1.84. The summed E-state index contributed by atoms with van der Waals surface area (Å²) in [4.78, 5) is 24.6. The van der Waals surface area contributed by atoms with E-state index in [9.17, 15) is 9.59 Å². The number of thioether (sulfide) groups is 1. The first-order chi connectivity index (χ1) is 9.06. The number of nitrogens with one attached hydrogen (secondary N) is 1. The molecule has 2 N–H and O–H groups in total. The van der Waals surface area contributed by atoms with Crippen LogP contribution in [0.25, 0.3) is 0 Å². The van der Waals surface area contributed by atoms with Gasteiger partial charge < -0.3 is 15.3 Å². The van der Waals surface area contributed by atoms with Gasteiger partial charge in [0.05, 0.1) is 5.92 Å². The van der Waals surface area contributed by atoms with Crippen molar-refractivity contribution < 1.29 is 14.7 Å². The summed E-state index contributed by atoms with van der Waals surface area (Å²) in [5.41, 5.74) is 0. The average molecular weight is 286 g/mol. The molecular formula is C13H22N2O3S. The van der Waals surface area contributed by atoms with Crippen molar-refractivity contribution in [2.45, 2.75) is 36.9 Å². The van der Waals surface area contributed by atoms with Crippen molar-refractivity contribution >= 4 is 23.8 Å². The van der Waals surface area contributed by atoms with Gasteiger partial charge in [-0.15, -0.1) is 0 Å². The minimum Gasteiger partial charge on any atom is -0.481 e. The first-order valence-corrected chi connectivity index (χ1v) is 8.09. The summed E-state index contributed by atoms with van der Waals surface area (Å²) in [6, 6.07) is -0.0378. The lowest BCUT2D eigenvalue weighted by molar-refractivity contribution is -0.143. The molecule has 0 aromatic heterocycles. The van der Waals surface area contributed by atoms with Crippen molar-refractivity contribution in [3.63, 3.8) is 0 Å². The number of rotatable bonds is 4. The fourth-order valence-corrected chi connectivity index (χ4v) is 3.62. The number of likely N-dealkylation sites (tertiary alicyclic amines) is 1. The third-order valence-corrected chi connectivity index (χ3v) is 5.81. The Kier molecular flexibility index (Phi) is 4.60. The van der Waals surface area contributed by atoms with E-state index < -0.39 is 5.97 Å². The predicted octanol–water partition coefficient (Wildman–Crippen LogP) is 1.78. The van der Waals surface area contributed by atoms with Crippen LogP contribution >= 0.6 is 11.8 Å². The van der Waals surface area contributed by atoms with E-state index in [1.807, 2.05) is 11.8 Å². The molecule has 0 radical (unpaired) electrons. The number of hydrogen-bond donors (Lipinski definition) is 2. The van der Waals surface area contributed by atoms with Crippen molar-refractivity contribution in [3.05, 3.63) is 0 Å². The molecule has 2 fully saturated rings. The van der Waals surface area contributed by atoms with E-state index in [0.29, 0.717) is 25.9 Å². The van der Waals surface area contributed by atoms with Crippen molar-refractivity contribution in [2.75, 3.05) is 25.9 Å². The van der Waals surface area contributed by atoms with Gasteiger partial charge in [0.1, 0.15) is 0 Å². The number of carbonyl (C=O) groups excluding carboxylic acids is 1. The Hall–Kier alpha value is -0.910.